The summed E-state index contributed by atoms with van der Waals surface area (Å²) in [6.07, 6.45) is 4.67. The Balaban J connectivity index is 3.18. The topological polar surface area (TPSA) is 0 Å². The number of hydrogen-bond acceptors (Lipinski definition) is 0. The van der Waals surface area contributed by atoms with Crippen molar-refractivity contribution in [2.45, 2.75) is 41.5 Å². The molecule has 0 spiro atoms. The molecule has 0 radical (unpaired) electrons. The average molecular weight is 164 g/mol. The van der Waals surface area contributed by atoms with Gasteiger partial charge in [0, 0.05) is 0 Å². The third kappa shape index (κ3) is 1.24. The predicted molar refractivity (Wildman–Crippen MR) is 55.1 cm³/mol. The van der Waals surface area contributed by atoms with E-state index < -0.39 is 0 Å². The molecule has 0 aromatic heterocycles. The third-order valence-electron chi connectivity index (χ3n) is 3.63. The molecule has 0 nitrogen and oxygen atoms in total. The normalized spacial score (nSPS) is 26.2. The predicted octanol–water partition coefficient (Wildman–Crippen LogP) is 3.95. The second-order valence-electron chi connectivity index (χ2n) is 5.06. The summed E-state index contributed by atoms with van der Waals surface area (Å²) in [4.78, 5) is 0. The smallest absolute Gasteiger partial charge is 0.00584 e. The first-order chi connectivity index (χ1) is 5.27. The van der Waals surface area contributed by atoms with Crippen LogP contribution in [0.5, 0.6) is 0 Å². The molecule has 0 aromatic rings. The fraction of sp³-hybridized carbons (Fsp3) is 0.667. The van der Waals surface area contributed by atoms with Crippen molar-refractivity contribution in [3.63, 3.8) is 0 Å². The highest BCUT2D eigenvalue weighted by atomic mass is 14.4. The summed E-state index contributed by atoms with van der Waals surface area (Å²) in [5, 5.41) is 0. The van der Waals surface area contributed by atoms with Gasteiger partial charge in [-0.3, -0.25) is 0 Å². The summed E-state index contributed by atoms with van der Waals surface area (Å²) >= 11 is 0. The first-order valence-corrected chi connectivity index (χ1v) is 4.65. The van der Waals surface area contributed by atoms with Gasteiger partial charge in [-0.25, -0.2) is 0 Å². The average Bonchev–Trinajstić information content (AvgIpc) is 1.82. The van der Waals surface area contributed by atoms with Crippen molar-refractivity contribution in [2.24, 2.45) is 10.8 Å². The Labute approximate surface area is 76.4 Å². The van der Waals surface area contributed by atoms with E-state index in [1.807, 2.05) is 0 Å². The Bertz CT molecular complexity index is 249. The quantitative estimate of drug-likeness (QED) is 0.508. The molecule has 1 rings (SSSR count). The summed E-state index contributed by atoms with van der Waals surface area (Å²) in [6.45, 7) is 13.7. The second-order valence-corrected chi connectivity index (χ2v) is 5.06. The minimum absolute atomic E-state index is 0.288. The van der Waals surface area contributed by atoms with Crippen LogP contribution >= 0.6 is 0 Å². The largest absolute Gasteiger partial charge is 0.0751 e. The lowest BCUT2D eigenvalue weighted by atomic mass is 9.61. The van der Waals surface area contributed by atoms with Crippen molar-refractivity contribution in [1.29, 1.82) is 0 Å². The van der Waals surface area contributed by atoms with Gasteiger partial charge >= 0.3 is 0 Å². The molecule has 0 heteroatoms. The summed E-state index contributed by atoms with van der Waals surface area (Å²) in [6, 6.07) is 0. The zero-order chi connectivity index (χ0) is 9.57. The first kappa shape index (κ1) is 9.57. The summed E-state index contributed by atoms with van der Waals surface area (Å²) in [5.74, 6) is 0. The van der Waals surface area contributed by atoms with Gasteiger partial charge in [0.25, 0.3) is 0 Å². The summed E-state index contributed by atoms with van der Waals surface area (Å²) in [7, 11) is 0. The Morgan fingerprint density at radius 3 is 1.92 bits per heavy atom. The SMILES string of the molecule is CC1=CC(C)(C)C(C)(C)C(C)=C1. The fourth-order valence-electron chi connectivity index (χ4n) is 1.82. The van der Waals surface area contributed by atoms with E-state index in [1.54, 1.807) is 0 Å². The van der Waals surface area contributed by atoms with Crippen molar-refractivity contribution < 1.29 is 0 Å². The minimum Gasteiger partial charge on any atom is -0.0751 e. The van der Waals surface area contributed by atoms with Gasteiger partial charge in [-0.2, -0.15) is 0 Å². The Morgan fingerprint density at radius 1 is 1.00 bits per heavy atom. The fourth-order valence-corrected chi connectivity index (χ4v) is 1.82. The van der Waals surface area contributed by atoms with Gasteiger partial charge in [-0.05, 0) is 24.7 Å². The summed E-state index contributed by atoms with van der Waals surface area (Å²) < 4.78 is 0. The van der Waals surface area contributed by atoms with Gasteiger partial charge in [0.15, 0.2) is 0 Å². The highest BCUT2D eigenvalue weighted by Crippen LogP contribution is 2.48. The van der Waals surface area contributed by atoms with Crippen molar-refractivity contribution in [1.82, 2.24) is 0 Å². The molecule has 0 saturated carbocycles. The minimum atomic E-state index is 0.288. The zero-order valence-corrected chi connectivity index (χ0v) is 9.15. The van der Waals surface area contributed by atoms with Crippen LogP contribution < -0.4 is 0 Å². The molecular formula is C12H20. The van der Waals surface area contributed by atoms with E-state index in [2.05, 4.69) is 53.7 Å². The molecule has 0 atom stereocenters. The van der Waals surface area contributed by atoms with Crippen LogP contribution in [-0.2, 0) is 0 Å². The number of rotatable bonds is 0. The van der Waals surface area contributed by atoms with Gasteiger partial charge in [-0.1, -0.05) is 51.0 Å². The van der Waals surface area contributed by atoms with Crippen molar-refractivity contribution in [3.8, 4) is 0 Å². The molecule has 0 aromatic carbocycles. The van der Waals surface area contributed by atoms with E-state index in [9.17, 15) is 0 Å². The van der Waals surface area contributed by atoms with E-state index >= 15 is 0 Å². The molecule has 0 fully saturated rings. The Kier molecular flexibility index (Phi) is 1.98. The summed E-state index contributed by atoms with van der Waals surface area (Å²) in [5.41, 5.74) is 3.48. The van der Waals surface area contributed by atoms with Gasteiger partial charge in [0.2, 0.25) is 0 Å². The number of allylic oxidation sites excluding steroid dienone is 4. The van der Waals surface area contributed by atoms with Crippen molar-refractivity contribution in [2.75, 3.05) is 0 Å². The highest BCUT2D eigenvalue weighted by molar-refractivity contribution is 5.34. The Hall–Kier alpha value is -0.520. The van der Waals surface area contributed by atoms with Crippen LogP contribution in [0.2, 0.25) is 0 Å². The van der Waals surface area contributed by atoms with E-state index in [4.69, 9.17) is 0 Å². The highest BCUT2D eigenvalue weighted by Gasteiger charge is 2.38. The zero-order valence-electron chi connectivity index (χ0n) is 9.15. The molecule has 0 heterocycles. The molecule has 0 amide bonds. The van der Waals surface area contributed by atoms with Crippen LogP contribution in [-0.4, -0.2) is 0 Å². The van der Waals surface area contributed by atoms with Crippen LogP contribution in [0.4, 0.5) is 0 Å². The van der Waals surface area contributed by atoms with Crippen molar-refractivity contribution >= 4 is 0 Å². The van der Waals surface area contributed by atoms with Gasteiger partial charge in [0.1, 0.15) is 0 Å². The molecule has 0 bridgehead atoms. The first-order valence-electron chi connectivity index (χ1n) is 4.65. The molecular weight excluding hydrogens is 144 g/mol. The molecule has 12 heavy (non-hydrogen) atoms. The van der Waals surface area contributed by atoms with Crippen LogP contribution in [0.3, 0.4) is 0 Å². The lowest BCUT2D eigenvalue weighted by molar-refractivity contribution is 0.209. The monoisotopic (exact) mass is 164 g/mol. The van der Waals surface area contributed by atoms with E-state index in [0.717, 1.165) is 0 Å². The lowest BCUT2D eigenvalue weighted by Crippen LogP contribution is -2.34. The Morgan fingerprint density at radius 2 is 1.50 bits per heavy atom. The maximum Gasteiger partial charge on any atom is -0.00584 e. The van der Waals surface area contributed by atoms with Crippen molar-refractivity contribution in [3.05, 3.63) is 23.3 Å². The number of hydrogen-bond donors (Lipinski definition) is 0. The van der Waals surface area contributed by atoms with Gasteiger partial charge in [0.05, 0.1) is 0 Å². The maximum absolute atomic E-state index is 2.38. The molecule has 0 N–H and O–H groups in total. The van der Waals surface area contributed by atoms with E-state index in [0.29, 0.717) is 5.41 Å². The second kappa shape index (κ2) is 2.48. The van der Waals surface area contributed by atoms with Gasteiger partial charge < -0.3 is 0 Å². The molecule has 0 aliphatic heterocycles. The van der Waals surface area contributed by atoms with E-state index in [-0.39, 0.29) is 5.41 Å². The third-order valence-corrected chi connectivity index (χ3v) is 3.63. The molecule has 0 saturated heterocycles. The molecule has 1 aliphatic carbocycles. The lowest BCUT2D eigenvalue weighted by Gasteiger charge is -2.43. The standard InChI is InChI=1S/C12H20/c1-9-7-10(2)12(5,6)11(3,4)8-9/h7-8H,1-6H3. The van der Waals surface area contributed by atoms with Gasteiger partial charge in [-0.15, -0.1) is 0 Å². The molecule has 68 valence electrons. The van der Waals surface area contributed by atoms with Crippen LogP contribution in [0.15, 0.2) is 23.3 Å². The molecule has 1 aliphatic rings. The molecule has 0 unspecified atom stereocenters. The van der Waals surface area contributed by atoms with E-state index in [1.165, 1.54) is 11.1 Å². The maximum atomic E-state index is 2.38. The van der Waals surface area contributed by atoms with Crippen LogP contribution in [0.1, 0.15) is 41.5 Å². The van der Waals surface area contributed by atoms with Crippen LogP contribution in [0, 0.1) is 10.8 Å². The van der Waals surface area contributed by atoms with Crippen LogP contribution in [0.25, 0.3) is 0 Å².